The highest BCUT2D eigenvalue weighted by Crippen LogP contribution is 2.28. The molecule has 1 saturated heterocycles. The Hall–Kier alpha value is -1.34. The van der Waals surface area contributed by atoms with Crippen LogP contribution in [0.1, 0.15) is 51.9 Å². The minimum atomic E-state index is -3.12. The predicted molar refractivity (Wildman–Crippen MR) is 109 cm³/mol. The van der Waals surface area contributed by atoms with E-state index in [4.69, 9.17) is 0 Å². The lowest BCUT2D eigenvalue weighted by atomic mass is 9.86. The lowest BCUT2D eigenvalue weighted by Crippen LogP contribution is -2.39. The van der Waals surface area contributed by atoms with Crippen LogP contribution in [0.25, 0.3) is 0 Å². The molecule has 7 heteroatoms. The molecule has 1 aromatic rings. The molecule has 5 nitrogen and oxygen atoms in total. The number of sulfonamides is 1. The number of nitrogens with one attached hydrogen (secondary N) is 2. The first-order chi connectivity index (χ1) is 12.9. The highest BCUT2D eigenvalue weighted by molar-refractivity contribution is 7.89. The van der Waals surface area contributed by atoms with Crippen LogP contribution in [-0.2, 0) is 10.0 Å². The zero-order chi connectivity index (χ0) is 19.3. The Morgan fingerprint density at radius 3 is 2.44 bits per heavy atom. The smallest absolute Gasteiger partial charge is 0.211 e. The van der Waals surface area contributed by atoms with Gasteiger partial charge in [0.15, 0.2) is 0 Å². The molecule has 0 unspecified atom stereocenters. The minimum Gasteiger partial charge on any atom is -0.385 e. The quantitative estimate of drug-likeness (QED) is 0.736. The first-order valence-corrected chi connectivity index (χ1v) is 11.9. The second kappa shape index (κ2) is 9.24. The van der Waals surface area contributed by atoms with Gasteiger partial charge in [0.2, 0.25) is 10.0 Å². The van der Waals surface area contributed by atoms with Crippen molar-refractivity contribution >= 4 is 21.4 Å². The molecule has 2 fully saturated rings. The molecule has 1 saturated carbocycles. The van der Waals surface area contributed by atoms with E-state index >= 15 is 0 Å². The van der Waals surface area contributed by atoms with Gasteiger partial charge in [0.05, 0.1) is 5.75 Å². The maximum atomic E-state index is 14.1. The Bertz CT molecular complexity index is 712. The van der Waals surface area contributed by atoms with Crippen LogP contribution in [0.5, 0.6) is 0 Å². The molecule has 0 amide bonds. The molecular weight excluding hydrogens is 365 g/mol. The molecule has 0 bridgehead atoms. The summed E-state index contributed by atoms with van der Waals surface area (Å²) in [5.74, 6) is 0.431. The zero-order valence-electron chi connectivity index (χ0n) is 16.2. The Morgan fingerprint density at radius 1 is 1.07 bits per heavy atom. The maximum absolute atomic E-state index is 14.1. The van der Waals surface area contributed by atoms with E-state index in [0.717, 1.165) is 56.7 Å². The van der Waals surface area contributed by atoms with Gasteiger partial charge in [0.25, 0.3) is 0 Å². The molecule has 2 N–H and O–H groups in total. The summed E-state index contributed by atoms with van der Waals surface area (Å²) >= 11 is 0. The Morgan fingerprint density at radius 2 is 1.78 bits per heavy atom. The molecule has 1 heterocycles. The van der Waals surface area contributed by atoms with Crippen LogP contribution in [0.15, 0.2) is 18.2 Å². The lowest BCUT2D eigenvalue weighted by molar-refractivity contribution is 0.324. The molecule has 1 aliphatic carbocycles. The average Bonchev–Trinajstić information content (AvgIpc) is 2.67. The lowest BCUT2D eigenvalue weighted by Gasteiger charge is -2.30. The van der Waals surface area contributed by atoms with Gasteiger partial charge in [0.1, 0.15) is 5.82 Å². The third-order valence-electron chi connectivity index (χ3n) is 5.77. The summed E-state index contributed by atoms with van der Waals surface area (Å²) in [5, 5.41) is 3.40. The third-order valence-corrected chi connectivity index (χ3v) is 7.22. The number of hydrogen-bond donors (Lipinski definition) is 2. The molecule has 152 valence electrons. The van der Waals surface area contributed by atoms with E-state index in [1.54, 1.807) is 19.1 Å². The van der Waals surface area contributed by atoms with Crippen LogP contribution in [0.2, 0.25) is 0 Å². The SMILES string of the molecule is CCS(=O)(=O)NC1CCC(CNc2cc(F)cc(N3CCCCC3)c2)CC1. The number of rotatable bonds is 7. The Kier molecular flexibility index (Phi) is 6.98. The van der Waals surface area contributed by atoms with Gasteiger partial charge in [-0.05, 0) is 76.0 Å². The van der Waals surface area contributed by atoms with Crippen molar-refractivity contribution in [3.8, 4) is 0 Å². The molecule has 2 aliphatic rings. The van der Waals surface area contributed by atoms with Gasteiger partial charge in [-0.1, -0.05) is 0 Å². The summed E-state index contributed by atoms with van der Waals surface area (Å²) in [6.45, 7) is 4.46. The molecule has 0 aromatic heterocycles. The van der Waals surface area contributed by atoms with Crippen LogP contribution in [-0.4, -0.2) is 39.8 Å². The average molecular weight is 398 g/mol. The van der Waals surface area contributed by atoms with E-state index in [0.29, 0.717) is 5.92 Å². The topological polar surface area (TPSA) is 61.4 Å². The number of nitrogens with zero attached hydrogens (tertiary/aromatic N) is 1. The van der Waals surface area contributed by atoms with E-state index in [-0.39, 0.29) is 17.6 Å². The van der Waals surface area contributed by atoms with E-state index in [1.807, 2.05) is 0 Å². The normalized spacial score (nSPS) is 24.0. The molecule has 27 heavy (non-hydrogen) atoms. The van der Waals surface area contributed by atoms with Crippen LogP contribution in [0.4, 0.5) is 15.8 Å². The van der Waals surface area contributed by atoms with Crippen molar-refractivity contribution in [2.24, 2.45) is 5.92 Å². The van der Waals surface area contributed by atoms with Crippen LogP contribution in [0, 0.1) is 11.7 Å². The van der Waals surface area contributed by atoms with Crippen molar-refractivity contribution in [3.05, 3.63) is 24.0 Å². The zero-order valence-corrected chi connectivity index (χ0v) is 17.0. The van der Waals surface area contributed by atoms with Gasteiger partial charge in [-0.2, -0.15) is 0 Å². The fourth-order valence-electron chi connectivity index (χ4n) is 4.09. The summed E-state index contributed by atoms with van der Waals surface area (Å²) in [6.07, 6.45) is 7.31. The Labute approximate surface area is 162 Å². The predicted octanol–water partition coefficient (Wildman–Crippen LogP) is 3.73. The highest BCUT2D eigenvalue weighted by atomic mass is 32.2. The number of benzene rings is 1. The summed E-state index contributed by atoms with van der Waals surface area (Å²) in [4.78, 5) is 2.27. The monoisotopic (exact) mass is 397 g/mol. The largest absolute Gasteiger partial charge is 0.385 e. The molecule has 3 rings (SSSR count). The molecule has 0 atom stereocenters. The Balaban J connectivity index is 1.50. The minimum absolute atomic E-state index is 0.0612. The van der Waals surface area contributed by atoms with E-state index < -0.39 is 10.0 Å². The van der Waals surface area contributed by atoms with Gasteiger partial charge < -0.3 is 10.2 Å². The van der Waals surface area contributed by atoms with Crippen molar-refractivity contribution in [1.29, 1.82) is 0 Å². The second-order valence-corrected chi connectivity index (χ2v) is 9.91. The standard InChI is InChI=1S/C20H32FN3O2S/c1-2-27(25,26)23-18-8-6-16(7-9-18)15-22-19-12-17(21)13-20(14-19)24-10-4-3-5-11-24/h12-14,16,18,22-23H,2-11,15H2,1H3. The van der Waals surface area contributed by atoms with Gasteiger partial charge in [-0.15, -0.1) is 0 Å². The fraction of sp³-hybridized carbons (Fsp3) is 0.700. The summed E-state index contributed by atoms with van der Waals surface area (Å²) in [6, 6.07) is 5.30. The van der Waals surface area contributed by atoms with Crippen molar-refractivity contribution < 1.29 is 12.8 Å². The van der Waals surface area contributed by atoms with Gasteiger partial charge in [0, 0.05) is 37.1 Å². The van der Waals surface area contributed by atoms with Crippen molar-refractivity contribution in [3.63, 3.8) is 0 Å². The van der Waals surface area contributed by atoms with E-state index in [1.165, 1.54) is 19.3 Å². The van der Waals surface area contributed by atoms with Crippen LogP contribution < -0.4 is 14.9 Å². The van der Waals surface area contributed by atoms with Crippen molar-refractivity contribution in [2.45, 2.75) is 57.9 Å². The molecular formula is C20H32FN3O2S. The first kappa shape index (κ1) is 20.4. The molecule has 0 spiro atoms. The van der Waals surface area contributed by atoms with Crippen molar-refractivity contribution in [2.75, 3.05) is 35.6 Å². The van der Waals surface area contributed by atoms with Crippen molar-refractivity contribution in [1.82, 2.24) is 4.72 Å². The van der Waals surface area contributed by atoms with Gasteiger partial charge in [-0.3, -0.25) is 0 Å². The van der Waals surface area contributed by atoms with E-state index in [9.17, 15) is 12.8 Å². The number of piperidine rings is 1. The molecule has 0 radical (unpaired) electrons. The van der Waals surface area contributed by atoms with Gasteiger partial charge >= 0.3 is 0 Å². The second-order valence-electron chi connectivity index (χ2n) is 7.87. The first-order valence-electron chi connectivity index (χ1n) is 10.2. The number of hydrogen-bond acceptors (Lipinski definition) is 4. The maximum Gasteiger partial charge on any atom is 0.211 e. The summed E-state index contributed by atoms with van der Waals surface area (Å²) in [5.41, 5.74) is 1.80. The van der Waals surface area contributed by atoms with Crippen LogP contribution >= 0.6 is 0 Å². The number of halogens is 1. The van der Waals surface area contributed by atoms with Crippen LogP contribution in [0.3, 0.4) is 0 Å². The third kappa shape index (κ3) is 6.07. The summed E-state index contributed by atoms with van der Waals surface area (Å²) in [7, 11) is -3.12. The highest BCUT2D eigenvalue weighted by Gasteiger charge is 2.24. The summed E-state index contributed by atoms with van der Waals surface area (Å²) < 4.78 is 40.2. The molecule has 1 aromatic carbocycles. The van der Waals surface area contributed by atoms with Gasteiger partial charge in [-0.25, -0.2) is 17.5 Å². The molecule has 1 aliphatic heterocycles. The van der Waals surface area contributed by atoms with E-state index in [2.05, 4.69) is 21.0 Å². The number of anilines is 2. The fourth-order valence-corrected chi connectivity index (χ4v) is 5.01.